The summed E-state index contributed by atoms with van der Waals surface area (Å²) in [6.07, 6.45) is 0.398. The Morgan fingerprint density at radius 1 is 1.12 bits per heavy atom. The lowest BCUT2D eigenvalue weighted by Crippen LogP contribution is -2.25. The van der Waals surface area contributed by atoms with Crippen molar-refractivity contribution in [1.82, 2.24) is 0 Å². The van der Waals surface area contributed by atoms with Gasteiger partial charge in [-0.05, 0) is 42.8 Å². The topological polar surface area (TPSA) is 76.4 Å². The van der Waals surface area contributed by atoms with E-state index in [1.165, 1.54) is 13.0 Å². The molecule has 0 unspecified atom stereocenters. The highest BCUT2D eigenvalue weighted by Crippen LogP contribution is 2.16. The fraction of sp³-hybridized carbons (Fsp3) is 0.150. The molecule has 0 aliphatic heterocycles. The first kappa shape index (κ1) is 19.4. The number of nitrogens with zero attached hydrogens (tertiary/aromatic N) is 1. The van der Waals surface area contributed by atoms with Crippen LogP contribution in [-0.2, 0) is 9.53 Å². The summed E-state index contributed by atoms with van der Waals surface area (Å²) in [6, 6.07) is 15.4. The van der Waals surface area contributed by atoms with Gasteiger partial charge in [0.1, 0.15) is 17.4 Å². The monoisotopic (exact) mass is 413 g/mol. The van der Waals surface area contributed by atoms with Crippen molar-refractivity contribution in [2.45, 2.75) is 13.0 Å². The summed E-state index contributed by atoms with van der Waals surface area (Å²) in [7, 11) is 1.55. The maximum absolute atomic E-state index is 12.3. The number of nitriles is 1. The summed E-state index contributed by atoms with van der Waals surface area (Å²) in [5.41, 5.74) is 0.878. The number of carbonyl (C=O) groups excluding carboxylic acids is 2. The number of benzene rings is 2. The van der Waals surface area contributed by atoms with Gasteiger partial charge in [-0.2, -0.15) is 5.26 Å². The molecule has 1 atom stereocenters. The molecule has 6 heteroatoms. The number of methoxy groups -OCH3 is 1. The molecule has 5 nitrogen and oxygen atoms in total. The molecule has 132 valence electrons. The van der Waals surface area contributed by atoms with E-state index in [9.17, 15) is 14.9 Å². The Hall–Kier alpha value is -2.91. The van der Waals surface area contributed by atoms with Gasteiger partial charge < -0.3 is 9.47 Å². The van der Waals surface area contributed by atoms with Gasteiger partial charge in [0.2, 0.25) is 5.78 Å². The smallest absolute Gasteiger partial charge is 0.349 e. The number of hydrogen-bond donors (Lipinski definition) is 0. The minimum absolute atomic E-state index is 0.189. The van der Waals surface area contributed by atoms with Crippen LogP contribution in [0.3, 0.4) is 0 Å². The summed E-state index contributed by atoms with van der Waals surface area (Å²) < 4.78 is 11.1. The molecule has 0 bridgehead atoms. The van der Waals surface area contributed by atoms with E-state index >= 15 is 0 Å². The van der Waals surface area contributed by atoms with E-state index < -0.39 is 12.1 Å². The van der Waals surface area contributed by atoms with E-state index in [1.807, 2.05) is 6.07 Å². The molecule has 26 heavy (non-hydrogen) atoms. The van der Waals surface area contributed by atoms with Crippen LogP contribution in [0.4, 0.5) is 0 Å². The molecule has 0 spiro atoms. The van der Waals surface area contributed by atoms with Crippen molar-refractivity contribution < 1.29 is 19.1 Å². The second kappa shape index (κ2) is 8.97. The molecule has 2 rings (SSSR count). The molecule has 0 aliphatic rings. The van der Waals surface area contributed by atoms with E-state index in [4.69, 9.17) is 9.47 Å². The Kier molecular flexibility index (Phi) is 6.70. The molecule has 0 amide bonds. The van der Waals surface area contributed by atoms with Crippen LogP contribution in [0.25, 0.3) is 6.08 Å². The number of Topliss-reactive ketones (excluding diaryl/α,β-unsaturated/α-hetero) is 1. The SMILES string of the molecule is COc1ccc(/C=C(\C#N)C(=O)O[C@@H](C)C(=O)c2ccc(Br)cc2)cc1. The highest BCUT2D eigenvalue weighted by molar-refractivity contribution is 9.10. The van der Waals surface area contributed by atoms with Gasteiger partial charge in [0.05, 0.1) is 7.11 Å². The zero-order valence-corrected chi connectivity index (χ0v) is 15.8. The Morgan fingerprint density at radius 2 is 1.73 bits per heavy atom. The van der Waals surface area contributed by atoms with Crippen molar-refractivity contribution in [1.29, 1.82) is 5.26 Å². The van der Waals surface area contributed by atoms with Crippen molar-refractivity contribution in [2.24, 2.45) is 0 Å². The lowest BCUT2D eigenvalue weighted by Gasteiger charge is -2.12. The molecule has 0 saturated heterocycles. The highest BCUT2D eigenvalue weighted by atomic mass is 79.9. The van der Waals surface area contributed by atoms with Gasteiger partial charge in [-0.25, -0.2) is 4.79 Å². The Balaban J connectivity index is 2.10. The lowest BCUT2D eigenvalue weighted by atomic mass is 10.1. The predicted octanol–water partition coefficient (Wildman–Crippen LogP) is 4.18. The summed E-state index contributed by atoms with van der Waals surface area (Å²) in [4.78, 5) is 24.5. The molecule has 2 aromatic carbocycles. The molecule has 0 aromatic heterocycles. The van der Waals surface area contributed by atoms with Gasteiger partial charge in [0.15, 0.2) is 6.10 Å². The number of carbonyl (C=O) groups is 2. The van der Waals surface area contributed by atoms with Crippen molar-refractivity contribution >= 4 is 33.8 Å². The largest absolute Gasteiger partial charge is 0.497 e. The first-order valence-corrected chi connectivity index (χ1v) is 8.50. The summed E-state index contributed by atoms with van der Waals surface area (Å²) >= 11 is 3.29. The second-order valence-electron chi connectivity index (χ2n) is 5.36. The van der Waals surface area contributed by atoms with Gasteiger partial charge in [0, 0.05) is 10.0 Å². The number of rotatable bonds is 6. The van der Waals surface area contributed by atoms with Crippen LogP contribution in [0, 0.1) is 11.3 Å². The summed E-state index contributed by atoms with van der Waals surface area (Å²) in [5, 5.41) is 9.22. The second-order valence-corrected chi connectivity index (χ2v) is 6.28. The van der Waals surface area contributed by atoms with Gasteiger partial charge in [-0.15, -0.1) is 0 Å². The number of hydrogen-bond acceptors (Lipinski definition) is 5. The third kappa shape index (κ3) is 5.04. The van der Waals surface area contributed by atoms with Gasteiger partial charge in [-0.1, -0.05) is 40.2 Å². The lowest BCUT2D eigenvalue weighted by molar-refractivity contribution is -0.141. The van der Waals surface area contributed by atoms with Gasteiger partial charge >= 0.3 is 5.97 Å². The van der Waals surface area contributed by atoms with Crippen LogP contribution >= 0.6 is 15.9 Å². The Morgan fingerprint density at radius 3 is 2.27 bits per heavy atom. The maximum atomic E-state index is 12.3. The Labute approximate surface area is 160 Å². The first-order valence-electron chi connectivity index (χ1n) is 7.71. The fourth-order valence-electron chi connectivity index (χ4n) is 2.13. The van der Waals surface area contributed by atoms with E-state index in [0.29, 0.717) is 16.9 Å². The van der Waals surface area contributed by atoms with Crippen LogP contribution in [0.2, 0.25) is 0 Å². The molecular formula is C20H16BrNO4. The molecule has 0 fully saturated rings. The number of halogens is 1. The van der Waals surface area contributed by atoms with Crippen LogP contribution < -0.4 is 4.74 Å². The minimum atomic E-state index is -1.00. The normalized spacial score (nSPS) is 12.0. The fourth-order valence-corrected chi connectivity index (χ4v) is 2.39. The minimum Gasteiger partial charge on any atom is -0.497 e. The summed E-state index contributed by atoms with van der Waals surface area (Å²) in [6.45, 7) is 1.48. The maximum Gasteiger partial charge on any atom is 0.349 e. The average molecular weight is 414 g/mol. The van der Waals surface area contributed by atoms with Crippen molar-refractivity contribution in [3.8, 4) is 11.8 Å². The van der Waals surface area contributed by atoms with Crippen molar-refractivity contribution in [3.63, 3.8) is 0 Å². The van der Waals surface area contributed by atoms with Crippen molar-refractivity contribution in [3.05, 3.63) is 69.7 Å². The van der Waals surface area contributed by atoms with E-state index in [0.717, 1.165) is 4.47 Å². The van der Waals surface area contributed by atoms with Crippen molar-refractivity contribution in [2.75, 3.05) is 7.11 Å². The number of ether oxygens (including phenoxy) is 2. The zero-order valence-electron chi connectivity index (χ0n) is 14.2. The molecule has 0 radical (unpaired) electrons. The van der Waals surface area contributed by atoms with Gasteiger partial charge in [0.25, 0.3) is 0 Å². The predicted molar refractivity (Wildman–Crippen MR) is 101 cm³/mol. The zero-order chi connectivity index (χ0) is 19.1. The van der Waals surface area contributed by atoms with E-state index in [-0.39, 0.29) is 11.4 Å². The molecule has 2 aromatic rings. The number of esters is 1. The van der Waals surface area contributed by atoms with Gasteiger partial charge in [-0.3, -0.25) is 4.79 Å². The molecule has 0 heterocycles. The summed E-state index contributed by atoms with van der Waals surface area (Å²) in [5.74, 6) is -0.522. The molecule has 0 N–H and O–H groups in total. The van der Waals surface area contributed by atoms with Crippen LogP contribution in [0.1, 0.15) is 22.8 Å². The third-order valence-corrected chi connectivity index (χ3v) is 4.08. The van der Waals surface area contributed by atoms with Crippen LogP contribution in [0.15, 0.2) is 58.6 Å². The standard InChI is InChI=1S/C20H16BrNO4/c1-13(19(23)15-5-7-17(21)8-6-15)26-20(24)16(12-22)11-14-3-9-18(25-2)10-4-14/h3-11,13H,1-2H3/b16-11+/t13-/m0/s1. The third-order valence-electron chi connectivity index (χ3n) is 3.55. The highest BCUT2D eigenvalue weighted by Gasteiger charge is 2.21. The number of ketones is 1. The average Bonchev–Trinajstić information content (AvgIpc) is 2.66. The molecular weight excluding hydrogens is 398 g/mol. The quantitative estimate of drug-likeness (QED) is 0.307. The van der Waals surface area contributed by atoms with E-state index in [1.54, 1.807) is 55.6 Å². The molecule has 0 aliphatic carbocycles. The van der Waals surface area contributed by atoms with E-state index in [2.05, 4.69) is 15.9 Å². The van der Waals surface area contributed by atoms with Crippen LogP contribution in [0.5, 0.6) is 5.75 Å². The Bertz CT molecular complexity index is 864. The molecule has 0 saturated carbocycles. The van der Waals surface area contributed by atoms with Crippen LogP contribution in [-0.4, -0.2) is 25.0 Å². The first-order chi connectivity index (χ1) is 12.4.